The summed E-state index contributed by atoms with van der Waals surface area (Å²) < 4.78 is 5.37. The van der Waals surface area contributed by atoms with E-state index in [4.69, 9.17) is 4.74 Å². The normalized spacial score (nSPS) is 28.4. The van der Waals surface area contributed by atoms with E-state index in [1.54, 1.807) is 0 Å². The minimum Gasteiger partial charge on any atom is -0.379 e. The summed E-state index contributed by atoms with van der Waals surface area (Å²) in [6.07, 6.45) is 6.97. The second-order valence-electron chi connectivity index (χ2n) is 6.94. The van der Waals surface area contributed by atoms with Crippen LogP contribution in [0.1, 0.15) is 46.0 Å². The molecule has 1 unspecified atom stereocenters. The molecule has 0 amide bonds. The fourth-order valence-corrected chi connectivity index (χ4v) is 3.47. The number of hydrogen-bond donors (Lipinski definition) is 1. The van der Waals surface area contributed by atoms with Crippen molar-refractivity contribution in [2.75, 3.05) is 45.9 Å². The Morgan fingerprint density at radius 1 is 1.21 bits per heavy atom. The highest BCUT2D eigenvalue weighted by Gasteiger charge is 2.31. The zero-order valence-electron chi connectivity index (χ0n) is 12.9. The van der Waals surface area contributed by atoms with Crippen molar-refractivity contribution in [2.24, 2.45) is 11.3 Å². The van der Waals surface area contributed by atoms with Crippen LogP contribution < -0.4 is 5.32 Å². The molecular formula is C16H32N2O. The predicted molar refractivity (Wildman–Crippen MR) is 80.5 cm³/mol. The van der Waals surface area contributed by atoms with Crippen molar-refractivity contribution in [2.45, 2.75) is 46.0 Å². The van der Waals surface area contributed by atoms with Crippen molar-refractivity contribution in [1.82, 2.24) is 10.2 Å². The molecule has 0 aromatic carbocycles. The van der Waals surface area contributed by atoms with Crippen LogP contribution in [0.25, 0.3) is 0 Å². The van der Waals surface area contributed by atoms with Crippen LogP contribution in [0.15, 0.2) is 0 Å². The molecule has 1 aliphatic heterocycles. The first kappa shape index (κ1) is 15.3. The monoisotopic (exact) mass is 268 g/mol. The van der Waals surface area contributed by atoms with Crippen molar-refractivity contribution in [3.8, 4) is 0 Å². The molecule has 1 aliphatic carbocycles. The summed E-state index contributed by atoms with van der Waals surface area (Å²) >= 11 is 0. The number of morpholine rings is 1. The molecule has 0 radical (unpaired) electrons. The summed E-state index contributed by atoms with van der Waals surface area (Å²) in [5.74, 6) is 0.879. The Hall–Kier alpha value is -0.120. The van der Waals surface area contributed by atoms with Crippen LogP contribution in [0, 0.1) is 11.3 Å². The average molecular weight is 268 g/mol. The highest BCUT2D eigenvalue weighted by atomic mass is 16.5. The van der Waals surface area contributed by atoms with E-state index >= 15 is 0 Å². The van der Waals surface area contributed by atoms with Gasteiger partial charge in [-0.2, -0.15) is 0 Å². The van der Waals surface area contributed by atoms with Gasteiger partial charge < -0.3 is 10.1 Å². The Kier molecular flexibility index (Phi) is 6.11. The number of ether oxygens (including phenoxy) is 1. The molecule has 112 valence electrons. The first-order valence-corrected chi connectivity index (χ1v) is 8.19. The van der Waals surface area contributed by atoms with E-state index in [1.807, 2.05) is 0 Å². The van der Waals surface area contributed by atoms with Crippen molar-refractivity contribution in [3.63, 3.8) is 0 Å². The Labute approximate surface area is 119 Å². The summed E-state index contributed by atoms with van der Waals surface area (Å²) in [4.78, 5) is 2.52. The molecule has 1 saturated heterocycles. The molecule has 2 fully saturated rings. The quantitative estimate of drug-likeness (QED) is 0.749. The highest BCUT2D eigenvalue weighted by molar-refractivity contribution is 4.83. The highest BCUT2D eigenvalue weighted by Crippen LogP contribution is 2.39. The van der Waals surface area contributed by atoms with Gasteiger partial charge in [-0.1, -0.05) is 26.7 Å². The first-order valence-electron chi connectivity index (χ1n) is 8.19. The molecule has 3 heteroatoms. The molecule has 1 atom stereocenters. The van der Waals surface area contributed by atoms with Gasteiger partial charge in [0.25, 0.3) is 0 Å². The van der Waals surface area contributed by atoms with Gasteiger partial charge in [-0.25, -0.2) is 0 Å². The molecule has 1 saturated carbocycles. The molecule has 1 N–H and O–H groups in total. The van der Waals surface area contributed by atoms with E-state index in [2.05, 4.69) is 24.1 Å². The van der Waals surface area contributed by atoms with E-state index < -0.39 is 0 Å². The summed E-state index contributed by atoms with van der Waals surface area (Å²) in [6.45, 7) is 12.6. The molecule has 0 aromatic rings. The third kappa shape index (κ3) is 5.05. The predicted octanol–water partition coefficient (Wildman–Crippen LogP) is 2.51. The van der Waals surface area contributed by atoms with Gasteiger partial charge in [-0.05, 0) is 50.2 Å². The largest absolute Gasteiger partial charge is 0.379 e. The number of rotatable bonds is 6. The SMILES string of the molecule is CC1(C)CCCCC1CNCCCN1CCOCC1. The van der Waals surface area contributed by atoms with Crippen LogP contribution in [0.5, 0.6) is 0 Å². The fraction of sp³-hybridized carbons (Fsp3) is 1.00. The Morgan fingerprint density at radius 2 is 2.00 bits per heavy atom. The van der Waals surface area contributed by atoms with E-state index in [9.17, 15) is 0 Å². The maximum Gasteiger partial charge on any atom is 0.0594 e. The minimum absolute atomic E-state index is 0.551. The lowest BCUT2D eigenvalue weighted by Gasteiger charge is -2.39. The Balaban J connectivity index is 1.53. The van der Waals surface area contributed by atoms with Crippen LogP contribution in [-0.4, -0.2) is 50.8 Å². The summed E-state index contributed by atoms with van der Waals surface area (Å²) in [5, 5.41) is 3.69. The molecule has 0 bridgehead atoms. The summed E-state index contributed by atoms with van der Waals surface area (Å²) in [7, 11) is 0. The van der Waals surface area contributed by atoms with E-state index in [-0.39, 0.29) is 0 Å². The second-order valence-corrected chi connectivity index (χ2v) is 6.94. The average Bonchev–Trinajstić information content (AvgIpc) is 2.41. The first-order chi connectivity index (χ1) is 9.18. The Morgan fingerprint density at radius 3 is 2.74 bits per heavy atom. The van der Waals surface area contributed by atoms with Crippen molar-refractivity contribution in [3.05, 3.63) is 0 Å². The van der Waals surface area contributed by atoms with Crippen molar-refractivity contribution < 1.29 is 4.74 Å². The number of nitrogens with zero attached hydrogens (tertiary/aromatic N) is 1. The van der Waals surface area contributed by atoms with Gasteiger partial charge in [-0.15, -0.1) is 0 Å². The molecule has 0 spiro atoms. The van der Waals surface area contributed by atoms with Gasteiger partial charge in [0.2, 0.25) is 0 Å². The van der Waals surface area contributed by atoms with Gasteiger partial charge in [0, 0.05) is 13.1 Å². The summed E-state index contributed by atoms with van der Waals surface area (Å²) in [5.41, 5.74) is 0.551. The zero-order chi connectivity index (χ0) is 13.6. The third-order valence-electron chi connectivity index (χ3n) is 5.05. The standard InChI is InChI=1S/C16H32N2O/c1-16(2)7-4-3-6-15(16)14-17-8-5-9-18-10-12-19-13-11-18/h15,17H,3-14H2,1-2H3. The third-order valence-corrected chi connectivity index (χ3v) is 5.05. The lowest BCUT2D eigenvalue weighted by Crippen LogP contribution is -2.39. The summed E-state index contributed by atoms with van der Waals surface area (Å²) in [6, 6.07) is 0. The number of nitrogens with one attached hydrogen (secondary N) is 1. The van der Waals surface area contributed by atoms with Gasteiger partial charge in [0.05, 0.1) is 13.2 Å². The lowest BCUT2D eigenvalue weighted by molar-refractivity contribution is 0.0373. The van der Waals surface area contributed by atoms with Gasteiger partial charge in [0.1, 0.15) is 0 Å². The van der Waals surface area contributed by atoms with Crippen LogP contribution in [-0.2, 0) is 4.74 Å². The molecule has 1 heterocycles. The topological polar surface area (TPSA) is 24.5 Å². The molecule has 2 rings (SSSR count). The van der Waals surface area contributed by atoms with Crippen molar-refractivity contribution >= 4 is 0 Å². The van der Waals surface area contributed by atoms with Crippen LogP contribution in [0.2, 0.25) is 0 Å². The molecule has 19 heavy (non-hydrogen) atoms. The van der Waals surface area contributed by atoms with E-state index in [0.29, 0.717) is 5.41 Å². The second kappa shape index (κ2) is 7.61. The molecule has 2 aliphatic rings. The molecular weight excluding hydrogens is 236 g/mol. The van der Waals surface area contributed by atoms with E-state index in [0.717, 1.165) is 32.2 Å². The van der Waals surface area contributed by atoms with Crippen LogP contribution in [0.3, 0.4) is 0 Å². The zero-order valence-corrected chi connectivity index (χ0v) is 12.9. The van der Waals surface area contributed by atoms with Gasteiger partial charge >= 0.3 is 0 Å². The van der Waals surface area contributed by atoms with Crippen molar-refractivity contribution in [1.29, 1.82) is 0 Å². The molecule has 3 nitrogen and oxygen atoms in total. The molecule has 0 aromatic heterocycles. The maximum atomic E-state index is 5.37. The van der Waals surface area contributed by atoms with Gasteiger partial charge in [0.15, 0.2) is 0 Å². The Bertz CT molecular complexity index is 249. The lowest BCUT2D eigenvalue weighted by atomic mass is 9.69. The van der Waals surface area contributed by atoms with E-state index in [1.165, 1.54) is 51.7 Å². The smallest absolute Gasteiger partial charge is 0.0594 e. The van der Waals surface area contributed by atoms with Gasteiger partial charge in [-0.3, -0.25) is 4.90 Å². The van der Waals surface area contributed by atoms with Crippen LogP contribution >= 0.6 is 0 Å². The van der Waals surface area contributed by atoms with Crippen LogP contribution in [0.4, 0.5) is 0 Å². The maximum absolute atomic E-state index is 5.37. The number of hydrogen-bond acceptors (Lipinski definition) is 3. The minimum atomic E-state index is 0.551. The fourth-order valence-electron chi connectivity index (χ4n) is 3.47.